The Morgan fingerprint density at radius 1 is 0.838 bits per heavy atom. The number of rotatable bonds is 30. The number of ether oxygens (including phenoxy) is 5. The van der Waals surface area contributed by atoms with Crippen molar-refractivity contribution in [3.63, 3.8) is 0 Å². The van der Waals surface area contributed by atoms with Crippen molar-refractivity contribution in [1.82, 2.24) is 31.5 Å². The molecule has 432 valence electrons. The second-order valence-electron chi connectivity index (χ2n) is 21.2. The summed E-state index contributed by atoms with van der Waals surface area (Å²) in [5, 5.41) is 31.6. The second kappa shape index (κ2) is 27.5. The van der Waals surface area contributed by atoms with Crippen LogP contribution in [0.15, 0.2) is 58.8 Å². The minimum atomic E-state index is -1.43. The van der Waals surface area contributed by atoms with E-state index in [1.165, 1.54) is 0 Å². The Hall–Kier alpha value is -6.27. The Kier molecular flexibility index (Phi) is 20.5. The van der Waals surface area contributed by atoms with Crippen LogP contribution in [0.4, 0.5) is 9.59 Å². The van der Waals surface area contributed by atoms with Crippen LogP contribution in [-0.2, 0) is 51.9 Å². The van der Waals surface area contributed by atoms with E-state index in [0.29, 0.717) is 86.9 Å². The molecule has 3 aromatic rings. The van der Waals surface area contributed by atoms with E-state index in [9.17, 15) is 38.7 Å². The van der Waals surface area contributed by atoms with Gasteiger partial charge in [0, 0.05) is 60.4 Å². The first kappa shape index (κ1) is 59.8. The molecular weight excluding hydrogens is 1070 g/mol. The van der Waals surface area contributed by atoms with Gasteiger partial charge in [-0.1, -0.05) is 42.4 Å². The normalized spacial score (nSPS) is 21.7. The average molecular weight is 1140 g/mol. The van der Waals surface area contributed by atoms with Gasteiger partial charge in [-0.15, -0.1) is 0 Å². The van der Waals surface area contributed by atoms with Crippen LogP contribution in [0.1, 0.15) is 109 Å². The second-order valence-corrected chi connectivity index (χ2v) is 23.7. The molecule has 5 aliphatic heterocycles. The fourth-order valence-electron chi connectivity index (χ4n) is 10.0. The fourth-order valence-corrected chi connectivity index (χ4v) is 12.6. The van der Waals surface area contributed by atoms with E-state index in [2.05, 4.69) is 36.8 Å². The molecule has 21 nitrogen and oxygen atoms in total. The van der Waals surface area contributed by atoms with Crippen LogP contribution in [0.2, 0.25) is 0 Å². The Bertz CT molecular complexity index is 2780. The Morgan fingerprint density at radius 3 is 2.20 bits per heavy atom. The maximum atomic E-state index is 13.8. The first-order valence-electron chi connectivity index (χ1n) is 27.5. The molecule has 6 atom stereocenters. The number of phenolic OH excluding ortho intramolecular Hbond substituents is 1. The Balaban J connectivity index is 0.714. The van der Waals surface area contributed by atoms with Crippen LogP contribution in [0, 0.1) is 20.8 Å². The summed E-state index contributed by atoms with van der Waals surface area (Å²) in [7, 11) is 0. The van der Waals surface area contributed by atoms with Gasteiger partial charge < -0.3 is 55.4 Å². The number of unbranched alkanes of at least 4 members (excludes halogenated alkanes) is 1. The molecule has 23 heteroatoms. The van der Waals surface area contributed by atoms with Gasteiger partial charge in [0.25, 0.3) is 17.1 Å². The van der Waals surface area contributed by atoms with Crippen molar-refractivity contribution in [1.29, 1.82) is 0 Å². The molecule has 0 aliphatic carbocycles. The molecule has 3 saturated heterocycles. The van der Waals surface area contributed by atoms with Crippen LogP contribution in [0.5, 0.6) is 17.2 Å². The molecule has 6 N–H and O–H groups in total. The highest BCUT2D eigenvalue weighted by Crippen LogP contribution is 2.44. The number of aromatic hydroxyl groups is 1. The van der Waals surface area contributed by atoms with Gasteiger partial charge >= 0.3 is 6.03 Å². The van der Waals surface area contributed by atoms with Crippen molar-refractivity contribution in [2.24, 2.45) is 10.2 Å². The van der Waals surface area contributed by atoms with Gasteiger partial charge in [-0.2, -0.15) is 22.0 Å². The van der Waals surface area contributed by atoms with Crippen molar-refractivity contribution >= 4 is 64.3 Å². The third-order valence-corrected chi connectivity index (χ3v) is 17.7. The van der Waals surface area contributed by atoms with E-state index in [-0.39, 0.29) is 55.8 Å². The zero-order valence-corrected chi connectivity index (χ0v) is 47.8. The lowest BCUT2D eigenvalue weighted by molar-refractivity contribution is -0.141. The number of nitrogens with zero attached hydrogens (tertiary/aromatic N) is 3. The summed E-state index contributed by atoms with van der Waals surface area (Å²) in [5.41, 5.74) is 3.99. The largest absolute Gasteiger partial charge is 0.507 e. The minimum Gasteiger partial charge on any atom is -0.507 e. The number of fused-ring (bicyclic) bond motifs is 2. The van der Waals surface area contributed by atoms with Crippen LogP contribution in [0.3, 0.4) is 0 Å². The quantitative estimate of drug-likeness (QED) is 0.0319. The molecular formula is C57H74N8O13S2. The number of carbonyl (C=O) groups is 7. The van der Waals surface area contributed by atoms with Crippen LogP contribution >= 0.6 is 23.5 Å². The minimum absolute atomic E-state index is 0.0264. The van der Waals surface area contributed by atoms with Gasteiger partial charge in [0.2, 0.25) is 23.4 Å². The van der Waals surface area contributed by atoms with E-state index < -0.39 is 57.8 Å². The molecule has 0 saturated carbocycles. The smallest absolute Gasteiger partial charge is 0.315 e. The molecule has 5 heterocycles. The number of carbonyl (C=O) groups excluding carboxylic acids is 7. The van der Waals surface area contributed by atoms with E-state index in [1.54, 1.807) is 48.5 Å². The summed E-state index contributed by atoms with van der Waals surface area (Å²) in [6.07, 6.45) is 5.20. The number of hydrogen-bond acceptors (Lipinski definition) is 17. The van der Waals surface area contributed by atoms with Gasteiger partial charge in [0.05, 0.1) is 50.2 Å². The third kappa shape index (κ3) is 15.6. The fraction of sp³-hybridized carbons (Fsp3) is 0.561. The zero-order chi connectivity index (χ0) is 57.0. The predicted octanol–water partition coefficient (Wildman–Crippen LogP) is 6.23. The predicted molar refractivity (Wildman–Crippen MR) is 300 cm³/mol. The number of benzene rings is 3. The van der Waals surface area contributed by atoms with Crippen LogP contribution in [0.25, 0.3) is 0 Å². The van der Waals surface area contributed by atoms with Crippen molar-refractivity contribution in [2.45, 2.75) is 139 Å². The summed E-state index contributed by atoms with van der Waals surface area (Å²) < 4.78 is 29.6. The number of phenols is 1. The molecule has 0 radical (unpaired) electrons. The van der Waals surface area contributed by atoms with E-state index in [1.807, 2.05) is 46.4 Å². The summed E-state index contributed by atoms with van der Waals surface area (Å²) in [5.74, 6) is -0.330. The molecule has 2 unspecified atom stereocenters. The highest BCUT2D eigenvalue weighted by Gasteiger charge is 2.45. The number of thioether (sulfide) groups is 2. The molecule has 0 bridgehead atoms. The highest BCUT2D eigenvalue weighted by molar-refractivity contribution is 8.15. The molecule has 8 amide bonds. The maximum absolute atomic E-state index is 13.8. The molecule has 3 fully saturated rings. The number of imide groups is 3. The lowest BCUT2D eigenvalue weighted by atomic mass is 9.87. The molecule has 0 aromatic heterocycles. The van der Waals surface area contributed by atoms with Crippen molar-refractivity contribution in [3.8, 4) is 17.2 Å². The highest BCUT2D eigenvalue weighted by atomic mass is 32.2. The van der Waals surface area contributed by atoms with Crippen molar-refractivity contribution in [2.75, 3.05) is 65.1 Å². The van der Waals surface area contributed by atoms with Crippen molar-refractivity contribution < 1.29 is 62.4 Å². The van der Waals surface area contributed by atoms with Crippen LogP contribution < -0.4 is 36.1 Å². The summed E-state index contributed by atoms with van der Waals surface area (Å²) in [6, 6.07) is 12.6. The number of hydrogen-bond donors (Lipinski definition) is 6. The number of urea groups is 1. The molecule has 8 rings (SSSR count). The van der Waals surface area contributed by atoms with Gasteiger partial charge in [-0.25, -0.2) is 9.69 Å². The monoisotopic (exact) mass is 1140 g/mol. The van der Waals surface area contributed by atoms with E-state index in [4.69, 9.17) is 23.7 Å². The third-order valence-electron chi connectivity index (χ3n) is 15.1. The zero-order valence-electron chi connectivity index (χ0n) is 46.2. The average Bonchev–Trinajstić information content (AvgIpc) is 3.80. The number of nitrogens with one attached hydrogen (secondary N) is 5. The van der Waals surface area contributed by atoms with Crippen molar-refractivity contribution in [3.05, 3.63) is 87.5 Å². The first-order valence-corrected chi connectivity index (χ1v) is 29.5. The molecule has 3 aromatic carbocycles. The molecule has 0 spiro atoms. The van der Waals surface area contributed by atoms with Gasteiger partial charge in [-0.3, -0.25) is 28.8 Å². The van der Waals surface area contributed by atoms with Gasteiger partial charge in [0.1, 0.15) is 35.5 Å². The first-order chi connectivity index (χ1) is 38.4. The summed E-state index contributed by atoms with van der Waals surface area (Å²) in [4.78, 5) is 92.3. The van der Waals surface area contributed by atoms with E-state index in [0.717, 1.165) is 82.3 Å². The Labute approximate surface area is 474 Å². The Morgan fingerprint density at radius 2 is 1.51 bits per heavy atom. The van der Waals surface area contributed by atoms with Gasteiger partial charge in [-0.05, 0) is 126 Å². The maximum Gasteiger partial charge on any atom is 0.315 e. The summed E-state index contributed by atoms with van der Waals surface area (Å²) in [6.45, 7) is 12.6. The SMILES string of the molecule is Cc1c(C)c2c(c(C)c1O)CCC(C)(COc1ccc(CC3SC(=O)N(C(=O)C[C@@H](NC(=O)c4ccc(C5(C)N=N5)cc4)C(=O)NCCCOCCOCCOCCCNC(=O)CCCC[C@@H]4SC[C@@H]5NC(=O)N[C@@H]54)C3=O)cc1)O2. The molecule has 5 aliphatic rings. The topological polar surface area (TPSA) is 274 Å². The summed E-state index contributed by atoms with van der Waals surface area (Å²) >= 11 is 2.61. The van der Waals surface area contributed by atoms with E-state index >= 15 is 0 Å². The standard InChI is InChI=1S/C57H74N8O13S2/c1-34-35(2)50-41(36(3)49(34)68)20-21-56(4,78-50)33-77-40-18-12-37(13-19-40)30-45-53(71)65(55(73)80-45)47(67)31-42(60-51(69)38-14-16-39(17-15-38)57(5)63-64-57)52(70)59-23-9-25-75-27-29-76-28-26-74-24-8-22-58-46(66)11-7-6-10-44-48-43(32-79-44)61-54(72)62-48/h12-19,42-45,48,68H,6-11,20-33H2,1-5H3,(H,58,66)(H,59,70)(H,60,69)(H2,61,62,72)/t42-,43+,44+,45?,48+,56?/m1/s1. The number of amides is 8. The lowest BCUT2D eigenvalue weighted by Gasteiger charge is -2.37. The van der Waals surface area contributed by atoms with Crippen LogP contribution in [-0.4, -0.2) is 150 Å². The molecule has 80 heavy (non-hydrogen) atoms. The lowest BCUT2D eigenvalue weighted by Crippen LogP contribution is -2.50. The van der Waals surface area contributed by atoms with Gasteiger partial charge in [0.15, 0.2) is 0 Å².